The number of methoxy groups -OCH3 is 1. The number of ether oxygens (including phenoxy) is 1. The first-order valence-electron chi connectivity index (χ1n) is 8.14. The van der Waals surface area contributed by atoms with Crippen LogP contribution in [0, 0.1) is 0 Å². The second-order valence-corrected chi connectivity index (χ2v) is 7.14. The number of hydrogen-bond donors (Lipinski definition) is 0. The molecular formula is C19H18ClN3O3S. The van der Waals surface area contributed by atoms with E-state index in [0.29, 0.717) is 22.7 Å². The monoisotopic (exact) mass is 403 g/mol. The highest BCUT2D eigenvalue weighted by atomic mass is 35.5. The first-order chi connectivity index (χ1) is 13.0. The van der Waals surface area contributed by atoms with Gasteiger partial charge >= 0.3 is 0 Å². The summed E-state index contributed by atoms with van der Waals surface area (Å²) in [6, 6.07) is 14.8. The molecule has 0 bridgehead atoms. The molecule has 0 aliphatic rings. The summed E-state index contributed by atoms with van der Waals surface area (Å²) in [4.78, 5) is 14.0. The smallest absolute Gasteiger partial charge is 0.277 e. The Labute approximate surface area is 166 Å². The largest absolute Gasteiger partial charge is 0.497 e. The van der Waals surface area contributed by atoms with Crippen molar-refractivity contribution < 1.29 is 13.9 Å². The SMILES string of the molecule is COc1cccc(CN(C)C(=O)CSc2nnc(-c3cccc(Cl)c3)o2)c1. The third-order valence-corrected chi connectivity index (χ3v) is 4.82. The van der Waals surface area contributed by atoms with E-state index in [0.717, 1.165) is 16.9 Å². The van der Waals surface area contributed by atoms with Gasteiger partial charge in [0.05, 0.1) is 12.9 Å². The van der Waals surface area contributed by atoms with Gasteiger partial charge in [0.25, 0.3) is 5.22 Å². The number of carbonyl (C=O) groups excluding carboxylic acids is 1. The third-order valence-electron chi connectivity index (χ3n) is 3.78. The van der Waals surface area contributed by atoms with Crippen molar-refractivity contribution in [3.8, 4) is 17.2 Å². The molecule has 3 rings (SSSR count). The zero-order chi connectivity index (χ0) is 19.2. The van der Waals surface area contributed by atoms with E-state index >= 15 is 0 Å². The van der Waals surface area contributed by atoms with E-state index in [1.165, 1.54) is 11.8 Å². The summed E-state index contributed by atoms with van der Waals surface area (Å²) in [5, 5.41) is 8.91. The van der Waals surface area contributed by atoms with Gasteiger partial charge in [0.2, 0.25) is 11.8 Å². The Morgan fingerprint density at radius 1 is 1.22 bits per heavy atom. The van der Waals surface area contributed by atoms with Gasteiger partial charge < -0.3 is 14.1 Å². The highest BCUT2D eigenvalue weighted by Crippen LogP contribution is 2.25. The second kappa shape index (κ2) is 8.92. The first-order valence-corrected chi connectivity index (χ1v) is 9.50. The minimum atomic E-state index is -0.0367. The lowest BCUT2D eigenvalue weighted by molar-refractivity contribution is -0.127. The average molecular weight is 404 g/mol. The molecule has 0 aliphatic heterocycles. The molecule has 8 heteroatoms. The van der Waals surface area contributed by atoms with E-state index in [1.807, 2.05) is 36.4 Å². The van der Waals surface area contributed by atoms with Gasteiger partial charge in [-0.2, -0.15) is 0 Å². The lowest BCUT2D eigenvalue weighted by Gasteiger charge is -2.17. The number of carbonyl (C=O) groups is 1. The first kappa shape index (κ1) is 19.3. The summed E-state index contributed by atoms with van der Waals surface area (Å²) in [6.07, 6.45) is 0. The molecule has 0 atom stereocenters. The number of hydrogen-bond acceptors (Lipinski definition) is 6. The Morgan fingerprint density at radius 3 is 2.81 bits per heavy atom. The number of thioether (sulfide) groups is 1. The zero-order valence-corrected chi connectivity index (χ0v) is 16.5. The van der Waals surface area contributed by atoms with Crippen molar-refractivity contribution >= 4 is 29.3 Å². The summed E-state index contributed by atoms with van der Waals surface area (Å²) in [5.74, 6) is 1.31. The van der Waals surface area contributed by atoms with Gasteiger partial charge in [-0.05, 0) is 35.9 Å². The molecule has 1 amide bonds. The van der Waals surface area contributed by atoms with E-state index in [2.05, 4.69) is 10.2 Å². The minimum Gasteiger partial charge on any atom is -0.497 e. The predicted molar refractivity (Wildman–Crippen MR) is 105 cm³/mol. The van der Waals surface area contributed by atoms with Crippen molar-refractivity contribution in [3.05, 3.63) is 59.1 Å². The van der Waals surface area contributed by atoms with Crippen molar-refractivity contribution in [3.63, 3.8) is 0 Å². The van der Waals surface area contributed by atoms with Crippen molar-refractivity contribution in [1.29, 1.82) is 0 Å². The van der Waals surface area contributed by atoms with Crippen LogP contribution in [0.1, 0.15) is 5.56 Å². The molecule has 0 fully saturated rings. The fourth-order valence-electron chi connectivity index (χ4n) is 2.37. The van der Waals surface area contributed by atoms with E-state index in [4.69, 9.17) is 20.8 Å². The van der Waals surface area contributed by atoms with E-state index in [-0.39, 0.29) is 11.7 Å². The quantitative estimate of drug-likeness (QED) is 0.552. The Balaban J connectivity index is 1.55. The molecule has 3 aromatic rings. The summed E-state index contributed by atoms with van der Waals surface area (Å²) in [5.41, 5.74) is 1.74. The van der Waals surface area contributed by atoms with Crippen LogP contribution >= 0.6 is 23.4 Å². The number of halogens is 1. The number of aromatic nitrogens is 2. The normalized spacial score (nSPS) is 10.6. The van der Waals surface area contributed by atoms with Crippen molar-refractivity contribution in [2.75, 3.05) is 19.9 Å². The number of amides is 1. The topological polar surface area (TPSA) is 68.5 Å². The summed E-state index contributed by atoms with van der Waals surface area (Å²) in [7, 11) is 3.38. The van der Waals surface area contributed by atoms with Crippen molar-refractivity contribution in [1.82, 2.24) is 15.1 Å². The van der Waals surface area contributed by atoms with Crippen LogP contribution in [0.3, 0.4) is 0 Å². The van der Waals surface area contributed by atoms with Crippen LogP contribution in [-0.2, 0) is 11.3 Å². The van der Waals surface area contributed by atoms with Crippen LogP contribution in [0.5, 0.6) is 5.75 Å². The van der Waals surface area contributed by atoms with E-state index in [9.17, 15) is 4.79 Å². The molecule has 0 aliphatic carbocycles. The van der Waals surface area contributed by atoms with Gasteiger partial charge in [0.1, 0.15) is 5.75 Å². The molecule has 140 valence electrons. The van der Waals surface area contributed by atoms with Gasteiger partial charge in [-0.15, -0.1) is 10.2 Å². The Kier molecular flexibility index (Phi) is 6.36. The third kappa shape index (κ3) is 5.24. The van der Waals surface area contributed by atoms with Crippen LogP contribution < -0.4 is 4.74 Å². The fraction of sp³-hybridized carbons (Fsp3) is 0.211. The summed E-state index contributed by atoms with van der Waals surface area (Å²) < 4.78 is 10.8. The van der Waals surface area contributed by atoms with Gasteiger partial charge in [-0.3, -0.25) is 4.79 Å². The molecule has 6 nitrogen and oxygen atoms in total. The minimum absolute atomic E-state index is 0.0367. The lowest BCUT2D eigenvalue weighted by atomic mass is 10.2. The van der Waals surface area contributed by atoms with Gasteiger partial charge in [0, 0.05) is 24.2 Å². The Bertz CT molecular complexity index is 932. The average Bonchev–Trinajstić information content (AvgIpc) is 3.15. The lowest BCUT2D eigenvalue weighted by Crippen LogP contribution is -2.27. The molecule has 0 saturated carbocycles. The zero-order valence-electron chi connectivity index (χ0n) is 14.9. The Hall–Kier alpha value is -2.51. The number of rotatable bonds is 7. The highest BCUT2D eigenvalue weighted by molar-refractivity contribution is 7.99. The molecule has 0 saturated heterocycles. The highest BCUT2D eigenvalue weighted by Gasteiger charge is 2.14. The van der Waals surface area contributed by atoms with E-state index < -0.39 is 0 Å². The fourth-order valence-corrected chi connectivity index (χ4v) is 3.27. The molecule has 1 heterocycles. The van der Waals surface area contributed by atoms with E-state index in [1.54, 1.807) is 31.2 Å². The maximum atomic E-state index is 12.4. The molecule has 0 radical (unpaired) electrons. The van der Waals surface area contributed by atoms with Crippen LogP contribution in [-0.4, -0.2) is 40.9 Å². The molecule has 0 N–H and O–H groups in total. The number of benzene rings is 2. The molecule has 0 unspecified atom stereocenters. The van der Waals surface area contributed by atoms with Crippen molar-refractivity contribution in [2.24, 2.45) is 0 Å². The van der Waals surface area contributed by atoms with Crippen LogP contribution in [0.15, 0.2) is 58.2 Å². The van der Waals surface area contributed by atoms with Crippen LogP contribution in [0.4, 0.5) is 0 Å². The van der Waals surface area contributed by atoms with Crippen molar-refractivity contribution in [2.45, 2.75) is 11.8 Å². The van der Waals surface area contributed by atoms with Gasteiger partial charge in [-0.1, -0.05) is 41.6 Å². The summed E-state index contributed by atoms with van der Waals surface area (Å²) >= 11 is 7.18. The van der Waals surface area contributed by atoms with Crippen LogP contribution in [0.25, 0.3) is 11.5 Å². The predicted octanol–water partition coefficient (Wildman–Crippen LogP) is 4.15. The molecule has 1 aromatic heterocycles. The molecule has 27 heavy (non-hydrogen) atoms. The second-order valence-electron chi connectivity index (χ2n) is 5.77. The molecule has 2 aromatic carbocycles. The maximum absolute atomic E-state index is 12.4. The molecular weight excluding hydrogens is 386 g/mol. The molecule has 0 spiro atoms. The number of nitrogens with zero attached hydrogens (tertiary/aromatic N) is 3. The summed E-state index contributed by atoms with van der Waals surface area (Å²) in [6.45, 7) is 0.494. The van der Waals surface area contributed by atoms with Gasteiger partial charge in [0.15, 0.2) is 0 Å². The Morgan fingerprint density at radius 2 is 2.04 bits per heavy atom. The maximum Gasteiger partial charge on any atom is 0.277 e. The standard InChI is InChI=1S/C19H18ClN3O3S/c1-23(11-13-5-3-8-16(9-13)25-2)17(24)12-27-19-22-21-18(26-19)14-6-4-7-15(20)10-14/h3-10H,11-12H2,1-2H3. The van der Waals surface area contributed by atoms with Crippen LogP contribution in [0.2, 0.25) is 5.02 Å². The van der Waals surface area contributed by atoms with Gasteiger partial charge in [-0.25, -0.2) is 0 Å².